The van der Waals surface area contributed by atoms with Crippen LogP contribution in [0.3, 0.4) is 0 Å². The Balaban J connectivity index is 2.14. The van der Waals surface area contributed by atoms with Crippen molar-refractivity contribution in [1.82, 2.24) is 19.4 Å². The summed E-state index contributed by atoms with van der Waals surface area (Å²) in [6, 6.07) is 2.72. The Bertz CT molecular complexity index is 900. The van der Waals surface area contributed by atoms with E-state index in [4.69, 9.17) is 16.6 Å². The van der Waals surface area contributed by atoms with Crippen molar-refractivity contribution in [2.75, 3.05) is 33.2 Å². The molecule has 2 atom stereocenters. The minimum Gasteiger partial charge on any atom is -0.305 e. The van der Waals surface area contributed by atoms with E-state index in [0.717, 1.165) is 44.8 Å². The van der Waals surface area contributed by atoms with Gasteiger partial charge in [-0.15, -0.1) is 0 Å². The van der Waals surface area contributed by atoms with E-state index in [9.17, 15) is 9.18 Å². The molecular weight excluding hydrogens is 379 g/mol. The molecule has 7 heteroatoms. The predicted molar refractivity (Wildman–Crippen MR) is 113 cm³/mol. The zero-order valence-corrected chi connectivity index (χ0v) is 18.0. The number of hydrogen-bond acceptors (Lipinski definition) is 4. The lowest BCUT2D eigenvalue weighted by atomic mass is 10.1. The highest BCUT2D eigenvalue weighted by atomic mass is 35.5. The molecule has 0 saturated carbocycles. The van der Waals surface area contributed by atoms with Gasteiger partial charge >= 0.3 is 0 Å². The van der Waals surface area contributed by atoms with Crippen LogP contribution in [-0.4, -0.2) is 52.6 Å². The molecule has 0 bridgehead atoms. The average molecular weight is 409 g/mol. The van der Waals surface area contributed by atoms with E-state index in [1.807, 2.05) is 6.92 Å². The Morgan fingerprint density at radius 1 is 1.29 bits per heavy atom. The molecule has 2 aromatic rings. The van der Waals surface area contributed by atoms with Gasteiger partial charge in [0.1, 0.15) is 11.6 Å². The number of likely N-dealkylation sites (N-methyl/N-ethyl adjacent to an activating group) is 1. The van der Waals surface area contributed by atoms with Crippen molar-refractivity contribution in [2.45, 2.75) is 46.2 Å². The minimum absolute atomic E-state index is 0.0368. The number of benzene rings is 1. The number of hydrogen-bond donors (Lipinski definition) is 0. The third kappa shape index (κ3) is 4.24. The number of nitrogens with zero attached hydrogens (tertiary/aromatic N) is 4. The summed E-state index contributed by atoms with van der Waals surface area (Å²) in [6.07, 6.45) is 1.89. The Labute approximate surface area is 171 Å². The Morgan fingerprint density at radius 2 is 2.04 bits per heavy atom. The Kier molecular flexibility index (Phi) is 6.73. The van der Waals surface area contributed by atoms with Gasteiger partial charge < -0.3 is 4.90 Å². The van der Waals surface area contributed by atoms with Gasteiger partial charge in [0.2, 0.25) is 0 Å². The monoisotopic (exact) mass is 408 g/mol. The van der Waals surface area contributed by atoms with Crippen LogP contribution in [0, 0.1) is 11.7 Å². The molecule has 0 aliphatic carbocycles. The van der Waals surface area contributed by atoms with Crippen molar-refractivity contribution < 1.29 is 4.39 Å². The van der Waals surface area contributed by atoms with Gasteiger partial charge in [0, 0.05) is 38.8 Å². The van der Waals surface area contributed by atoms with Gasteiger partial charge in [-0.05, 0) is 32.4 Å². The highest BCUT2D eigenvalue weighted by Gasteiger charge is 2.28. The molecular formula is C21H30ClFN4O. The standard InChI is InChI=1S/C21H30ClFN4O/c1-5-7-19(26-9-8-25(4)12-14(3)13-26)20-24-18-11-17(23)16(22)10-15(18)21(28)27(20)6-2/h10-11,14,19H,5-9,12-13H2,1-4H3/t14?,19-/m1/s1. The van der Waals surface area contributed by atoms with E-state index in [0.29, 0.717) is 23.4 Å². The van der Waals surface area contributed by atoms with Crippen molar-refractivity contribution in [3.05, 3.63) is 39.2 Å². The molecule has 154 valence electrons. The number of halogens is 2. The van der Waals surface area contributed by atoms with Crippen molar-refractivity contribution in [3.63, 3.8) is 0 Å². The second-order valence-electron chi connectivity index (χ2n) is 7.97. The fraction of sp³-hybridized carbons (Fsp3) is 0.619. The van der Waals surface area contributed by atoms with Crippen LogP contribution < -0.4 is 5.56 Å². The lowest BCUT2D eigenvalue weighted by Crippen LogP contribution is -2.38. The molecule has 1 aromatic carbocycles. The lowest BCUT2D eigenvalue weighted by Gasteiger charge is -2.32. The SMILES string of the molecule is CCC[C@H](c1nc2cc(F)c(Cl)cc2c(=O)n1CC)N1CCN(C)CC(C)C1. The second-order valence-corrected chi connectivity index (χ2v) is 8.38. The molecule has 1 aliphatic heterocycles. The molecule has 0 amide bonds. The first-order valence-electron chi connectivity index (χ1n) is 10.2. The zero-order valence-electron chi connectivity index (χ0n) is 17.2. The molecule has 28 heavy (non-hydrogen) atoms. The van der Waals surface area contributed by atoms with Gasteiger partial charge in [-0.1, -0.05) is 31.9 Å². The van der Waals surface area contributed by atoms with E-state index in [1.54, 1.807) is 4.57 Å². The summed E-state index contributed by atoms with van der Waals surface area (Å²) in [5, 5.41) is 0.326. The Morgan fingerprint density at radius 3 is 2.71 bits per heavy atom. The molecule has 1 aliphatic rings. The third-order valence-electron chi connectivity index (χ3n) is 5.58. The fourth-order valence-electron chi connectivity index (χ4n) is 4.30. The van der Waals surface area contributed by atoms with Crippen LogP contribution in [0.15, 0.2) is 16.9 Å². The summed E-state index contributed by atoms with van der Waals surface area (Å²) in [5.74, 6) is 0.726. The molecule has 1 aromatic heterocycles. The minimum atomic E-state index is -0.543. The molecule has 3 rings (SSSR count). The highest BCUT2D eigenvalue weighted by Crippen LogP contribution is 2.28. The number of rotatable bonds is 5. The van der Waals surface area contributed by atoms with Crippen LogP contribution >= 0.6 is 11.6 Å². The molecule has 0 spiro atoms. The van der Waals surface area contributed by atoms with Gasteiger partial charge in [0.05, 0.1) is 22.0 Å². The topological polar surface area (TPSA) is 41.4 Å². The second kappa shape index (κ2) is 8.89. The van der Waals surface area contributed by atoms with Gasteiger partial charge in [0.25, 0.3) is 5.56 Å². The van der Waals surface area contributed by atoms with Gasteiger partial charge in [-0.3, -0.25) is 14.3 Å². The summed E-state index contributed by atoms with van der Waals surface area (Å²) in [5.41, 5.74) is 0.234. The van der Waals surface area contributed by atoms with E-state index in [1.165, 1.54) is 12.1 Å². The maximum absolute atomic E-state index is 14.0. The molecule has 2 heterocycles. The van der Waals surface area contributed by atoms with Crippen molar-refractivity contribution in [2.24, 2.45) is 5.92 Å². The van der Waals surface area contributed by atoms with E-state index >= 15 is 0 Å². The van der Waals surface area contributed by atoms with Gasteiger partial charge in [-0.2, -0.15) is 0 Å². The largest absolute Gasteiger partial charge is 0.305 e. The molecule has 5 nitrogen and oxygen atoms in total. The molecule has 1 saturated heterocycles. The quantitative estimate of drug-likeness (QED) is 0.751. The maximum atomic E-state index is 14.0. The van der Waals surface area contributed by atoms with E-state index in [-0.39, 0.29) is 16.6 Å². The summed E-state index contributed by atoms with van der Waals surface area (Å²) < 4.78 is 15.8. The van der Waals surface area contributed by atoms with Crippen LogP contribution in [-0.2, 0) is 6.54 Å². The van der Waals surface area contributed by atoms with Crippen LogP contribution in [0.1, 0.15) is 45.5 Å². The first-order chi connectivity index (χ1) is 13.3. The smallest absolute Gasteiger partial charge is 0.261 e. The molecule has 0 N–H and O–H groups in total. The molecule has 1 fully saturated rings. The first kappa shape index (κ1) is 21.2. The van der Waals surface area contributed by atoms with Crippen molar-refractivity contribution in [1.29, 1.82) is 0 Å². The van der Waals surface area contributed by atoms with Crippen molar-refractivity contribution in [3.8, 4) is 0 Å². The van der Waals surface area contributed by atoms with Crippen LogP contribution in [0.4, 0.5) is 4.39 Å². The predicted octanol–water partition coefficient (Wildman–Crippen LogP) is 3.93. The van der Waals surface area contributed by atoms with Crippen LogP contribution in [0.25, 0.3) is 10.9 Å². The van der Waals surface area contributed by atoms with Crippen LogP contribution in [0.5, 0.6) is 0 Å². The molecule has 0 radical (unpaired) electrons. The van der Waals surface area contributed by atoms with Crippen LogP contribution in [0.2, 0.25) is 5.02 Å². The lowest BCUT2D eigenvalue weighted by molar-refractivity contribution is 0.167. The zero-order chi connectivity index (χ0) is 20.4. The first-order valence-corrected chi connectivity index (χ1v) is 10.6. The Hall–Kier alpha value is -1.50. The highest BCUT2D eigenvalue weighted by molar-refractivity contribution is 6.31. The van der Waals surface area contributed by atoms with Gasteiger partial charge in [-0.25, -0.2) is 9.37 Å². The average Bonchev–Trinajstić information content (AvgIpc) is 2.81. The van der Waals surface area contributed by atoms with E-state index in [2.05, 4.69) is 30.7 Å². The van der Waals surface area contributed by atoms with Gasteiger partial charge in [0.15, 0.2) is 0 Å². The third-order valence-corrected chi connectivity index (χ3v) is 5.87. The molecule has 1 unspecified atom stereocenters. The van der Waals surface area contributed by atoms with Crippen molar-refractivity contribution >= 4 is 22.5 Å². The number of fused-ring (bicyclic) bond motifs is 1. The summed E-state index contributed by atoms with van der Waals surface area (Å²) in [7, 11) is 2.15. The maximum Gasteiger partial charge on any atom is 0.261 e. The fourth-order valence-corrected chi connectivity index (χ4v) is 4.46. The normalized spacial score (nSPS) is 20.4. The number of aromatic nitrogens is 2. The summed E-state index contributed by atoms with van der Waals surface area (Å²) in [4.78, 5) is 22.7. The van der Waals surface area contributed by atoms with E-state index < -0.39 is 5.82 Å². The summed E-state index contributed by atoms with van der Waals surface area (Å²) in [6.45, 7) is 10.8. The summed E-state index contributed by atoms with van der Waals surface area (Å²) >= 11 is 5.91.